The van der Waals surface area contributed by atoms with Crippen molar-refractivity contribution in [3.05, 3.63) is 24.3 Å². The fourth-order valence-corrected chi connectivity index (χ4v) is 4.01. The van der Waals surface area contributed by atoms with Gasteiger partial charge in [-0.25, -0.2) is 13.1 Å². The lowest BCUT2D eigenvalue weighted by Gasteiger charge is -2.37. The van der Waals surface area contributed by atoms with Crippen LogP contribution in [0.25, 0.3) is 0 Å². The Kier molecular flexibility index (Phi) is 4.21. The van der Waals surface area contributed by atoms with Gasteiger partial charge in [-0.15, -0.1) is 5.10 Å². The van der Waals surface area contributed by atoms with Crippen LogP contribution < -0.4 is 0 Å². The Bertz CT molecular complexity index is 704. The minimum absolute atomic E-state index is 0.0585. The van der Waals surface area contributed by atoms with Gasteiger partial charge in [-0.2, -0.15) is 19.3 Å². The Balaban J connectivity index is 1.56. The molecule has 0 atom stereocenters. The third-order valence-corrected chi connectivity index (χ3v) is 5.57. The van der Waals surface area contributed by atoms with Crippen molar-refractivity contribution >= 4 is 10.0 Å². The quantitative estimate of drug-likeness (QED) is 0.705. The van der Waals surface area contributed by atoms with E-state index in [2.05, 4.69) is 20.5 Å². The van der Waals surface area contributed by atoms with Gasteiger partial charge >= 0.3 is 0 Å². The molecule has 3 heterocycles. The van der Waals surface area contributed by atoms with Gasteiger partial charge in [0.1, 0.15) is 12.2 Å². The van der Waals surface area contributed by atoms with Crippen LogP contribution in [0, 0.1) is 0 Å². The molecule has 0 radical (unpaired) electrons. The molecular weight excluding hydrogens is 306 g/mol. The van der Waals surface area contributed by atoms with E-state index in [1.165, 1.54) is 9.10 Å². The van der Waals surface area contributed by atoms with Crippen LogP contribution in [0.5, 0.6) is 0 Å². The summed E-state index contributed by atoms with van der Waals surface area (Å²) in [5.74, 6) is 0.226. The number of unbranched alkanes of at least 4 members (excludes halogenated alkanes) is 1. The number of aromatic nitrogens is 6. The molecule has 1 saturated heterocycles. The summed E-state index contributed by atoms with van der Waals surface area (Å²) in [4.78, 5) is 1.52. The molecule has 0 aromatic carbocycles. The van der Waals surface area contributed by atoms with Crippen molar-refractivity contribution in [2.24, 2.45) is 0 Å². The zero-order valence-electron chi connectivity index (χ0n) is 12.4. The van der Waals surface area contributed by atoms with E-state index in [9.17, 15) is 8.42 Å². The predicted molar refractivity (Wildman–Crippen MR) is 78.5 cm³/mol. The number of rotatable bonds is 7. The summed E-state index contributed by atoms with van der Waals surface area (Å²) >= 11 is 0. The summed E-state index contributed by atoms with van der Waals surface area (Å²) < 4.78 is 27.3. The molecule has 120 valence electrons. The standard InChI is InChI=1S/C12H19N7O2S/c1-2-3-6-22(20,21)17-9-12(10-17)18-7-11(15-16-18)8-19-13-4-5-14-19/h4-5,7,12H,2-3,6,8-10H2,1H3. The van der Waals surface area contributed by atoms with Crippen molar-refractivity contribution in [2.45, 2.75) is 32.4 Å². The van der Waals surface area contributed by atoms with Crippen molar-refractivity contribution in [2.75, 3.05) is 18.8 Å². The van der Waals surface area contributed by atoms with Crippen LogP contribution in [0.1, 0.15) is 31.5 Å². The monoisotopic (exact) mass is 325 g/mol. The molecule has 0 aliphatic carbocycles. The normalized spacial score (nSPS) is 16.8. The van der Waals surface area contributed by atoms with E-state index in [1.807, 2.05) is 13.1 Å². The van der Waals surface area contributed by atoms with Crippen LogP contribution >= 0.6 is 0 Å². The first kappa shape index (κ1) is 15.1. The predicted octanol–water partition coefficient (Wildman–Crippen LogP) is -0.0955. The van der Waals surface area contributed by atoms with Crippen molar-refractivity contribution in [1.29, 1.82) is 0 Å². The van der Waals surface area contributed by atoms with Gasteiger partial charge in [0.15, 0.2) is 0 Å². The van der Waals surface area contributed by atoms with Crippen molar-refractivity contribution in [3.63, 3.8) is 0 Å². The molecule has 2 aromatic rings. The molecule has 0 bridgehead atoms. The van der Waals surface area contributed by atoms with Gasteiger partial charge in [0.25, 0.3) is 0 Å². The van der Waals surface area contributed by atoms with Gasteiger partial charge in [-0.1, -0.05) is 18.6 Å². The molecule has 3 rings (SSSR count). The van der Waals surface area contributed by atoms with Gasteiger partial charge in [-0.3, -0.25) is 0 Å². The van der Waals surface area contributed by atoms with Gasteiger partial charge in [0, 0.05) is 13.1 Å². The highest BCUT2D eigenvalue weighted by atomic mass is 32.2. The van der Waals surface area contributed by atoms with Crippen LogP contribution in [0.15, 0.2) is 18.6 Å². The highest BCUT2D eigenvalue weighted by molar-refractivity contribution is 7.89. The zero-order valence-corrected chi connectivity index (χ0v) is 13.2. The van der Waals surface area contributed by atoms with Crippen molar-refractivity contribution in [1.82, 2.24) is 34.3 Å². The highest BCUT2D eigenvalue weighted by Crippen LogP contribution is 2.24. The maximum absolute atomic E-state index is 12.0. The van der Waals surface area contributed by atoms with E-state index in [4.69, 9.17) is 0 Å². The lowest BCUT2D eigenvalue weighted by Crippen LogP contribution is -2.51. The minimum atomic E-state index is -3.11. The lowest BCUT2D eigenvalue weighted by atomic mass is 10.2. The van der Waals surface area contributed by atoms with Crippen LogP contribution in [0.3, 0.4) is 0 Å². The number of nitrogens with zero attached hydrogens (tertiary/aromatic N) is 7. The Morgan fingerprint density at radius 1 is 1.27 bits per heavy atom. The Labute approximate surface area is 129 Å². The van der Waals surface area contributed by atoms with Crippen LogP contribution in [0.2, 0.25) is 0 Å². The summed E-state index contributed by atoms with van der Waals surface area (Å²) in [5, 5.41) is 16.2. The van der Waals surface area contributed by atoms with Gasteiger partial charge in [0.05, 0.1) is 30.4 Å². The van der Waals surface area contributed by atoms with Gasteiger partial charge in [-0.05, 0) is 6.42 Å². The SMILES string of the molecule is CCCCS(=O)(=O)N1CC(n2cc(Cn3nccn3)nn2)C1. The minimum Gasteiger partial charge on any atom is -0.246 e. The van der Waals surface area contributed by atoms with E-state index in [0.29, 0.717) is 26.1 Å². The first-order chi connectivity index (χ1) is 10.6. The fraction of sp³-hybridized carbons (Fsp3) is 0.667. The highest BCUT2D eigenvalue weighted by Gasteiger charge is 2.36. The topological polar surface area (TPSA) is 98.8 Å². The third-order valence-electron chi connectivity index (χ3n) is 3.68. The van der Waals surface area contributed by atoms with E-state index in [0.717, 1.165) is 12.1 Å². The molecule has 0 unspecified atom stereocenters. The third kappa shape index (κ3) is 3.17. The average molecular weight is 325 g/mol. The van der Waals surface area contributed by atoms with Crippen LogP contribution in [-0.2, 0) is 16.6 Å². The number of hydrogen-bond donors (Lipinski definition) is 0. The fourth-order valence-electron chi connectivity index (χ4n) is 2.30. The summed E-state index contributed by atoms with van der Waals surface area (Å²) in [5.41, 5.74) is 0.753. The molecule has 1 fully saturated rings. The molecule has 1 aliphatic rings. The second-order valence-corrected chi connectivity index (χ2v) is 7.48. The van der Waals surface area contributed by atoms with Crippen molar-refractivity contribution < 1.29 is 8.42 Å². The molecule has 2 aromatic heterocycles. The summed E-state index contributed by atoms with van der Waals surface area (Å²) in [7, 11) is -3.11. The van der Waals surface area contributed by atoms with E-state index in [1.54, 1.807) is 17.1 Å². The first-order valence-corrected chi connectivity index (χ1v) is 8.92. The van der Waals surface area contributed by atoms with E-state index < -0.39 is 10.0 Å². The molecule has 22 heavy (non-hydrogen) atoms. The van der Waals surface area contributed by atoms with Crippen LogP contribution in [-0.4, -0.2) is 61.6 Å². The average Bonchev–Trinajstić information content (AvgIpc) is 3.07. The molecule has 0 spiro atoms. The van der Waals surface area contributed by atoms with E-state index >= 15 is 0 Å². The number of sulfonamides is 1. The van der Waals surface area contributed by atoms with E-state index in [-0.39, 0.29) is 11.8 Å². The van der Waals surface area contributed by atoms with Crippen LogP contribution in [0.4, 0.5) is 0 Å². The lowest BCUT2D eigenvalue weighted by molar-refractivity contribution is 0.188. The maximum Gasteiger partial charge on any atom is 0.214 e. The molecule has 0 amide bonds. The molecule has 1 aliphatic heterocycles. The second kappa shape index (κ2) is 6.13. The van der Waals surface area contributed by atoms with Crippen molar-refractivity contribution in [3.8, 4) is 0 Å². The largest absolute Gasteiger partial charge is 0.246 e. The van der Waals surface area contributed by atoms with Gasteiger partial charge < -0.3 is 0 Å². The molecule has 0 saturated carbocycles. The summed E-state index contributed by atoms with van der Waals surface area (Å²) in [6, 6.07) is 0.0585. The van der Waals surface area contributed by atoms with Gasteiger partial charge in [0.2, 0.25) is 10.0 Å². The second-order valence-electron chi connectivity index (χ2n) is 5.39. The zero-order chi connectivity index (χ0) is 15.6. The smallest absolute Gasteiger partial charge is 0.214 e. The molecule has 0 N–H and O–H groups in total. The Morgan fingerprint density at radius 2 is 2.00 bits per heavy atom. The summed E-state index contributed by atoms with van der Waals surface area (Å²) in [6.07, 6.45) is 6.62. The number of hydrogen-bond acceptors (Lipinski definition) is 6. The Hall–Kier alpha value is -1.81. The summed E-state index contributed by atoms with van der Waals surface area (Å²) in [6.45, 7) is 3.38. The molecule has 9 nitrogen and oxygen atoms in total. The maximum atomic E-state index is 12.0. The molecule has 10 heteroatoms. The Morgan fingerprint density at radius 3 is 2.68 bits per heavy atom. The molecular formula is C12H19N7O2S. The first-order valence-electron chi connectivity index (χ1n) is 7.31.